The smallest absolute Gasteiger partial charge is 0.338 e. The van der Waals surface area contributed by atoms with Crippen LogP contribution in [-0.4, -0.2) is 17.6 Å². The maximum atomic E-state index is 12.7. The van der Waals surface area contributed by atoms with Crippen molar-refractivity contribution >= 4 is 32.8 Å². The van der Waals surface area contributed by atoms with Crippen molar-refractivity contribution in [3.8, 4) is 11.3 Å². The van der Waals surface area contributed by atoms with E-state index < -0.39 is 0 Å². The maximum Gasteiger partial charge on any atom is 0.338 e. The molecule has 0 fully saturated rings. The lowest BCUT2D eigenvalue weighted by atomic mass is 10.0. The van der Waals surface area contributed by atoms with Gasteiger partial charge in [0.15, 0.2) is 0 Å². The van der Waals surface area contributed by atoms with E-state index in [2.05, 4.69) is 22.9 Å². The lowest BCUT2D eigenvalue weighted by Crippen LogP contribution is -2.08. The van der Waals surface area contributed by atoms with E-state index in [4.69, 9.17) is 9.72 Å². The Hall–Kier alpha value is -2.20. The van der Waals surface area contributed by atoms with Crippen molar-refractivity contribution in [2.75, 3.05) is 6.61 Å². The van der Waals surface area contributed by atoms with Crippen molar-refractivity contribution in [3.05, 3.63) is 64.1 Å². The number of carbonyl (C=O) groups is 1. The molecule has 0 aliphatic heterocycles. The number of unbranched alkanes of at least 4 members (excludes halogenated alkanes) is 2. The van der Waals surface area contributed by atoms with Crippen LogP contribution in [-0.2, 0) is 4.74 Å². The number of esters is 1. The van der Waals surface area contributed by atoms with Gasteiger partial charge in [-0.25, -0.2) is 9.78 Å². The fourth-order valence-electron chi connectivity index (χ4n) is 2.83. The molecule has 1 heterocycles. The molecule has 0 spiro atoms. The van der Waals surface area contributed by atoms with Crippen LogP contribution in [0, 0.1) is 6.92 Å². The molecule has 3 nitrogen and oxygen atoms in total. The number of aryl methyl sites for hydroxylation is 1. The Balaban J connectivity index is 2.02. The highest BCUT2D eigenvalue weighted by molar-refractivity contribution is 9.10. The molecule has 0 aliphatic rings. The lowest BCUT2D eigenvalue weighted by molar-refractivity contribution is 0.0500. The van der Waals surface area contributed by atoms with Gasteiger partial charge in [-0.2, -0.15) is 0 Å². The van der Waals surface area contributed by atoms with E-state index in [9.17, 15) is 4.79 Å². The van der Waals surface area contributed by atoms with Crippen LogP contribution in [0.3, 0.4) is 0 Å². The average molecular weight is 412 g/mol. The van der Waals surface area contributed by atoms with Gasteiger partial charge in [0.05, 0.1) is 23.4 Å². The second kappa shape index (κ2) is 8.45. The number of rotatable bonds is 6. The Kier molecular flexibility index (Phi) is 6.04. The normalized spacial score (nSPS) is 10.9. The average Bonchev–Trinajstić information content (AvgIpc) is 2.65. The summed E-state index contributed by atoms with van der Waals surface area (Å²) >= 11 is 3.48. The van der Waals surface area contributed by atoms with Gasteiger partial charge < -0.3 is 4.74 Å². The molecule has 1 aromatic heterocycles. The lowest BCUT2D eigenvalue weighted by Gasteiger charge is -2.11. The summed E-state index contributed by atoms with van der Waals surface area (Å²) in [4.78, 5) is 17.4. The number of aromatic nitrogens is 1. The molecule has 0 radical (unpaired) electrons. The Bertz CT molecular complexity index is 919. The third-order valence-corrected chi connectivity index (χ3v) is 4.81. The Morgan fingerprint density at radius 1 is 1.08 bits per heavy atom. The van der Waals surface area contributed by atoms with E-state index in [0.29, 0.717) is 12.2 Å². The molecule has 4 heteroatoms. The third-order valence-electron chi connectivity index (χ3n) is 4.32. The Morgan fingerprint density at radius 3 is 2.58 bits per heavy atom. The first kappa shape index (κ1) is 18.6. The second-order valence-corrected chi connectivity index (χ2v) is 7.34. The zero-order chi connectivity index (χ0) is 18.5. The van der Waals surface area contributed by atoms with Gasteiger partial charge in [-0.1, -0.05) is 65.5 Å². The first-order chi connectivity index (χ1) is 12.6. The largest absolute Gasteiger partial charge is 0.462 e. The number of nitrogens with zero attached hydrogens (tertiary/aromatic N) is 1. The van der Waals surface area contributed by atoms with Crippen LogP contribution in [0.15, 0.2) is 53.0 Å². The van der Waals surface area contributed by atoms with Crippen molar-refractivity contribution < 1.29 is 9.53 Å². The summed E-state index contributed by atoms with van der Waals surface area (Å²) in [6.45, 7) is 4.63. The van der Waals surface area contributed by atoms with Crippen molar-refractivity contribution in [3.63, 3.8) is 0 Å². The van der Waals surface area contributed by atoms with Crippen LogP contribution in [0.2, 0.25) is 0 Å². The fourth-order valence-corrected chi connectivity index (χ4v) is 3.19. The summed E-state index contributed by atoms with van der Waals surface area (Å²) in [6.07, 6.45) is 3.05. The number of carbonyl (C=O) groups excluding carboxylic acids is 1. The minimum absolute atomic E-state index is 0.292. The molecular weight excluding hydrogens is 390 g/mol. The van der Waals surface area contributed by atoms with Crippen LogP contribution >= 0.6 is 15.9 Å². The van der Waals surface area contributed by atoms with Gasteiger partial charge in [0.25, 0.3) is 0 Å². The Morgan fingerprint density at radius 2 is 1.85 bits per heavy atom. The summed E-state index contributed by atoms with van der Waals surface area (Å²) in [6, 6.07) is 15.8. The molecule has 26 heavy (non-hydrogen) atoms. The summed E-state index contributed by atoms with van der Waals surface area (Å²) in [7, 11) is 0. The molecule has 0 saturated carbocycles. The Labute approximate surface area is 162 Å². The van der Waals surface area contributed by atoms with Crippen LogP contribution < -0.4 is 0 Å². The summed E-state index contributed by atoms with van der Waals surface area (Å²) in [5.41, 5.74) is 4.30. The summed E-state index contributed by atoms with van der Waals surface area (Å²) < 4.78 is 6.42. The van der Waals surface area contributed by atoms with E-state index in [1.54, 1.807) is 0 Å². The van der Waals surface area contributed by atoms with Crippen LogP contribution in [0.1, 0.15) is 42.1 Å². The SMILES string of the molecule is CCCCCOC(=O)c1cc(-c2ccc(C)cc2)nc2ccc(Br)cc12. The van der Waals surface area contributed by atoms with E-state index >= 15 is 0 Å². The van der Waals surface area contributed by atoms with Crippen LogP contribution in [0.5, 0.6) is 0 Å². The number of benzene rings is 2. The van der Waals surface area contributed by atoms with Gasteiger partial charge in [-0.3, -0.25) is 0 Å². The fraction of sp³-hybridized carbons (Fsp3) is 0.273. The molecule has 3 rings (SSSR count). The molecule has 0 N–H and O–H groups in total. The predicted octanol–water partition coefficient (Wildman–Crippen LogP) is 6.32. The highest BCUT2D eigenvalue weighted by Gasteiger charge is 2.15. The van der Waals surface area contributed by atoms with Gasteiger partial charge in [-0.05, 0) is 37.6 Å². The predicted molar refractivity (Wildman–Crippen MR) is 109 cm³/mol. The van der Waals surface area contributed by atoms with Crippen molar-refractivity contribution in [1.29, 1.82) is 0 Å². The number of hydrogen-bond acceptors (Lipinski definition) is 3. The minimum atomic E-state index is -0.292. The number of ether oxygens (including phenoxy) is 1. The van der Waals surface area contributed by atoms with E-state index in [0.717, 1.165) is 45.9 Å². The standard InChI is InChI=1S/C22H22BrNO2/c1-3-4-5-12-26-22(25)19-14-21(16-8-6-15(2)7-9-16)24-20-11-10-17(23)13-18(19)20/h6-11,13-14H,3-5,12H2,1-2H3. The zero-order valence-electron chi connectivity index (χ0n) is 15.1. The zero-order valence-corrected chi connectivity index (χ0v) is 16.7. The molecule has 0 bridgehead atoms. The van der Waals surface area contributed by atoms with Gasteiger partial charge in [0.2, 0.25) is 0 Å². The van der Waals surface area contributed by atoms with Crippen LogP contribution in [0.4, 0.5) is 0 Å². The topological polar surface area (TPSA) is 39.2 Å². The van der Waals surface area contributed by atoms with E-state index in [1.807, 2.05) is 55.5 Å². The number of fused-ring (bicyclic) bond motifs is 1. The molecule has 3 aromatic rings. The maximum absolute atomic E-state index is 12.7. The molecule has 134 valence electrons. The molecule has 0 unspecified atom stereocenters. The summed E-state index contributed by atoms with van der Waals surface area (Å²) in [5.74, 6) is -0.292. The van der Waals surface area contributed by atoms with Crippen LogP contribution in [0.25, 0.3) is 22.2 Å². The molecular formula is C22H22BrNO2. The van der Waals surface area contributed by atoms with E-state index in [-0.39, 0.29) is 5.97 Å². The minimum Gasteiger partial charge on any atom is -0.462 e. The van der Waals surface area contributed by atoms with Gasteiger partial charge in [0.1, 0.15) is 0 Å². The van der Waals surface area contributed by atoms with Crippen molar-refractivity contribution in [2.24, 2.45) is 0 Å². The highest BCUT2D eigenvalue weighted by atomic mass is 79.9. The molecule has 2 aromatic carbocycles. The number of halogens is 1. The van der Waals surface area contributed by atoms with Gasteiger partial charge in [-0.15, -0.1) is 0 Å². The molecule has 0 saturated heterocycles. The monoisotopic (exact) mass is 411 g/mol. The molecule has 0 atom stereocenters. The number of hydrogen-bond donors (Lipinski definition) is 0. The van der Waals surface area contributed by atoms with Crippen molar-refractivity contribution in [1.82, 2.24) is 4.98 Å². The third kappa shape index (κ3) is 4.31. The number of pyridine rings is 1. The van der Waals surface area contributed by atoms with E-state index in [1.165, 1.54) is 5.56 Å². The highest BCUT2D eigenvalue weighted by Crippen LogP contribution is 2.28. The second-order valence-electron chi connectivity index (χ2n) is 6.43. The van der Waals surface area contributed by atoms with Crippen molar-refractivity contribution in [2.45, 2.75) is 33.1 Å². The quantitative estimate of drug-likeness (QED) is 0.351. The molecule has 0 aliphatic carbocycles. The van der Waals surface area contributed by atoms with Gasteiger partial charge in [0, 0.05) is 15.4 Å². The summed E-state index contributed by atoms with van der Waals surface area (Å²) in [5, 5.41) is 0.802. The molecule has 0 amide bonds. The first-order valence-electron chi connectivity index (χ1n) is 8.93. The first-order valence-corrected chi connectivity index (χ1v) is 9.72. The van der Waals surface area contributed by atoms with Gasteiger partial charge >= 0.3 is 5.97 Å².